The molecule has 2 rings (SSSR count). The molecule has 0 unspecified atom stereocenters. The van der Waals surface area contributed by atoms with E-state index in [9.17, 15) is 9.59 Å². The molecule has 8 heteroatoms. The smallest absolute Gasteiger partial charge is 0.329 e. The fraction of sp³-hybridized carbons (Fsp3) is 0.400. The van der Waals surface area contributed by atoms with Crippen molar-refractivity contribution in [2.24, 2.45) is 5.10 Å². The minimum absolute atomic E-state index is 0.114. The van der Waals surface area contributed by atoms with Gasteiger partial charge >= 0.3 is 11.8 Å². The predicted molar refractivity (Wildman–Crippen MR) is 83.0 cm³/mol. The normalized spacial score (nSPS) is 13.5. The number of nitrogens with one attached hydrogen (secondary N) is 2. The van der Waals surface area contributed by atoms with Gasteiger partial charge in [-0.15, -0.1) is 0 Å². The van der Waals surface area contributed by atoms with Crippen LogP contribution in [0.15, 0.2) is 17.2 Å². The molecule has 1 aliphatic rings. The van der Waals surface area contributed by atoms with Crippen molar-refractivity contribution >= 4 is 18.0 Å². The summed E-state index contributed by atoms with van der Waals surface area (Å²) >= 11 is 0. The van der Waals surface area contributed by atoms with Crippen molar-refractivity contribution in [1.29, 1.82) is 0 Å². The molecule has 2 N–H and O–H groups in total. The van der Waals surface area contributed by atoms with Gasteiger partial charge in [0.1, 0.15) is 0 Å². The molecule has 1 aromatic rings. The molecule has 124 valence electrons. The summed E-state index contributed by atoms with van der Waals surface area (Å²) < 4.78 is 15.7. The molecule has 8 nitrogen and oxygen atoms in total. The van der Waals surface area contributed by atoms with E-state index in [0.29, 0.717) is 22.8 Å². The van der Waals surface area contributed by atoms with Gasteiger partial charge in [-0.1, -0.05) is 0 Å². The molecular formula is C15H19N3O5. The molecule has 23 heavy (non-hydrogen) atoms. The van der Waals surface area contributed by atoms with E-state index in [1.54, 1.807) is 12.1 Å². The molecule has 0 spiro atoms. The zero-order chi connectivity index (χ0) is 16.8. The summed E-state index contributed by atoms with van der Waals surface area (Å²) in [5.74, 6) is -0.171. The van der Waals surface area contributed by atoms with E-state index >= 15 is 0 Å². The van der Waals surface area contributed by atoms with Gasteiger partial charge in [-0.3, -0.25) is 9.59 Å². The summed E-state index contributed by atoms with van der Waals surface area (Å²) in [6, 6.07) is 3.49. The Kier molecular flexibility index (Phi) is 5.40. The van der Waals surface area contributed by atoms with Crippen molar-refractivity contribution in [2.45, 2.75) is 18.9 Å². The Morgan fingerprint density at radius 2 is 1.78 bits per heavy atom. The summed E-state index contributed by atoms with van der Waals surface area (Å²) in [5.41, 5.74) is 2.74. The first kappa shape index (κ1) is 16.6. The summed E-state index contributed by atoms with van der Waals surface area (Å²) in [7, 11) is 4.49. The van der Waals surface area contributed by atoms with Crippen molar-refractivity contribution < 1.29 is 23.8 Å². The lowest BCUT2D eigenvalue weighted by molar-refractivity contribution is -0.139. The average Bonchev–Trinajstić information content (AvgIpc) is 3.37. The van der Waals surface area contributed by atoms with Crippen molar-refractivity contribution in [3.63, 3.8) is 0 Å². The molecule has 0 saturated heterocycles. The van der Waals surface area contributed by atoms with Crippen LogP contribution >= 0.6 is 0 Å². The average molecular weight is 321 g/mol. The van der Waals surface area contributed by atoms with E-state index in [1.165, 1.54) is 27.5 Å². The van der Waals surface area contributed by atoms with Gasteiger partial charge in [0, 0.05) is 11.6 Å². The largest absolute Gasteiger partial charge is 0.493 e. The second-order valence-corrected chi connectivity index (χ2v) is 4.87. The number of methoxy groups -OCH3 is 3. The summed E-state index contributed by atoms with van der Waals surface area (Å²) in [5, 5.41) is 6.34. The molecule has 1 saturated carbocycles. The molecule has 0 radical (unpaired) electrons. The molecule has 2 amide bonds. The molecule has 0 heterocycles. The van der Waals surface area contributed by atoms with Gasteiger partial charge < -0.3 is 19.5 Å². The SMILES string of the molecule is COc1ccc(/C=N\NC(=O)C(=O)NC2CC2)c(OC)c1OC. The molecule has 1 aliphatic carbocycles. The zero-order valence-corrected chi connectivity index (χ0v) is 13.2. The third kappa shape index (κ3) is 4.12. The Balaban J connectivity index is 2.06. The first-order valence-corrected chi connectivity index (χ1v) is 7.03. The topological polar surface area (TPSA) is 98.2 Å². The van der Waals surface area contributed by atoms with Crippen LogP contribution in [0.2, 0.25) is 0 Å². The van der Waals surface area contributed by atoms with Crippen LogP contribution in [0, 0.1) is 0 Å². The number of hydrogen-bond donors (Lipinski definition) is 2. The van der Waals surface area contributed by atoms with E-state index in [1.807, 2.05) is 0 Å². The van der Waals surface area contributed by atoms with Gasteiger partial charge in [0.05, 0.1) is 27.5 Å². The number of hydrogen-bond acceptors (Lipinski definition) is 6. The third-order valence-electron chi connectivity index (χ3n) is 3.22. The second kappa shape index (κ2) is 7.48. The lowest BCUT2D eigenvalue weighted by Gasteiger charge is -2.13. The first-order chi connectivity index (χ1) is 11.1. The minimum Gasteiger partial charge on any atom is -0.493 e. The molecule has 0 aromatic heterocycles. The fourth-order valence-corrected chi connectivity index (χ4v) is 1.92. The zero-order valence-electron chi connectivity index (χ0n) is 13.2. The monoisotopic (exact) mass is 321 g/mol. The number of carbonyl (C=O) groups excluding carboxylic acids is 2. The Hall–Kier alpha value is -2.77. The lowest BCUT2D eigenvalue weighted by atomic mass is 10.2. The van der Waals surface area contributed by atoms with Crippen molar-refractivity contribution in [1.82, 2.24) is 10.7 Å². The summed E-state index contributed by atoms with van der Waals surface area (Å²) in [4.78, 5) is 23.0. The van der Waals surface area contributed by atoms with Gasteiger partial charge in [0.2, 0.25) is 5.75 Å². The van der Waals surface area contributed by atoms with Crippen molar-refractivity contribution in [3.05, 3.63) is 17.7 Å². The van der Waals surface area contributed by atoms with Crippen molar-refractivity contribution in [3.8, 4) is 17.2 Å². The van der Waals surface area contributed by atoms with Crippen LogP contribution < -0.4 is 25.0 Å². The van der Waals surface area contributed by atoms with Crippen LogP contribution in [0.3, 0.4) is 0 Å². The number of benzene rings is 1. The number of ether oxygens (including phenoxy) is 3. The van der Waals surface area contributed by atoms with Crippen LogP contribution in [-0.2, 0) is 9.59 Å². The number of amides is 2. The van der Waals surface area contributed by atoms with Crippen LogP contribution in [0.5, 0.6) is 17.2 Å². The van der Waals surface area contributed by atoms with Gasteiger partial charge in [-0.2, -0.15) is 5.10 Å². The quantitative estimate of drug-likeness (QED) is 0.450. The number of nitrogens with zero attached hydrogens (tertiary/aromatic N) is 1. The van der Waals surface area contributed by atoms with E-state index in [4.69, 9.17) is 14.2 Å². The van der Waals surface area contributed by atoms with E-state index in [-0.39, 0.29) is 6.04 Å². The van der Waals surface area contributed by atoms with Crippen LogP contribution in [0.25, 0.3) is 0 Å². The Morgan fingerprint density at radius 3 is 2.35 bits per heavy atom. The van der Waals surface area contributed by atoms with Gasteiger partial charge in [-0.05, 0) is 25.0 Å². The Labute approximate surface area is 133 Å². The molecule has 0 aliphatic heterocycles. The van der Waals surface area contributed by atoms with Gasteiger partial charge in [0.25, 0.3) is 0 Å². The summed E-state index contributed by atoms with van der Waals surface area (Å²) in [6.07, 6.45) is 3.18. The molecule has 1 aromatic carbocycles. The maximum Gasteiger partial charge on any atom is 0.329 e. The molecule has 0 bridgehead atoms. The maximum atomic E-state index is 11.6. The third-order valence-corrected chi connectivity index (χ3v) is 3.22. The first-order valence-electron chi connectivity index (χ1n) is 7.03. The van der Waals surface area contributed by atoms with Crippen molar-refractivity contribution in [2.75, 3.05) is 21.3 Å². The van der Waals surface area contributed by atoms with E-state index in [2.05, 4.69) is 15.8 Å². The minimum atomic E-state index is -0.812. The van der Waals surface area contributed by atoms with Crippen LogP contribution in [0.1, 0.15) is 18.4 Å². The Bertz CT molecular complexity index is 626. The standard InChI is InChI=1S/C15H19N3O5/c1-21-11-7-4-9(12(22-2)13(11)23-3)8-16-18-15(20)14(19)17-10-5-6-10/h4,7-8,10H,5-6H2,1-3H3,(H,17,19)(H,18,20)/b16-8-. The van der Waals surface area contributed by atoms with E-state index < -0.39 is 11.8 Å². The predicted octanol–water partition coefficient (Wildman–Crippen LogP) is 0.441. The molecular weight excluding hydrogens is 302 g/mol. The van der Waals surface area contributed by atoms with Gasteiger partial charge in [0.15, 0.2) is 11.5 Å². The van der Waals surface area contributed by atoms with Crippen LogP contribution in [0.4, 0.5) is 0 Å². The number of hydrazone groups is 1. The van der Waals surface area contributed by atoms with Crippen LogP contribution in [-0.4, -0.2) is 45.4 Å². The number of rotatable bonds is 6. The highest BCUT2D eigenvalue weighted by atomic mass is 16.5. The fourth-order valence-electron chi connectivity index (χ4n) is 1.92. The Morgan fingerprint density at radius 1 is 1.09 bits per heavy atom. The van der Waals surface area contributed by atoms with E-state index in [0.717, 1.165) is 12.8 Å². The molecule has 1 fully saturated rings. The summed E-state index contributed by atoms with van der Waals surface area (Å²) in [6.45, 7) is 0. The second-order valence-electron chi connectivity index (χ2n) is 4.87. The number of carbonyl (C=O) groups is 2. The highest BCUT2D eigenvalue weighted by molar-refractivity contribution is 6.35. The highest BCUT2D eigenvalue weighted by Gasteiger charge is 2.26. The molecule has 0 atom stereocenters. The maximum absolute atomic E-state index is 11.6. The van der Waals surface area contributed by atoms with Gasteiger partial charge in [-0.25, -0.2) is 5.43 Å². The lowest BCUT2D eigenvalue weighted by Crippen LogP contribution is -2.38. The highest BCUT2D eigenvalue weighted by Crippen LogP contribution is 2.38.